The monoisotopic (exact) mass is 416 g/mol. The summed E-state index contributed by atoms with van der Waals surface area (Å²) in [6.07, 6.45) is -6.07. The third-order valence-electron chi connectivity index (χ3n) is 4.46. The van der Waals surface area contributed by atoms with Crippen LogP contribution in [0.15, 0.2) is 48.5 Å². The molecule has 0 bridgehead atoms. The van der Waals surface area contributed by atoms with Crippen LogP contribution in [-0.4, -0.2) is 42.9 Å². The van der Waals surface area contributed by atoms with Crippen LogP contribution >= 0.6 is 11.6 Å². The molecule has 2 aromatic carbocycles. The number of halogens is 4. The van der Waals surface area contributed by atoms with Gasteiger partial charge in [-0.3, -0.25) is 0 Å². The Morgan fingerprint density at radius 2 is 1.29 bits per heavy atom. The molecule has 0 unspecified atom stereocenters. The van der Waals surface area contributed by atoms with E-state index < -0.39 is 25.3 Å². The van der Waals surface area contributed by atoms with Crippen molar-refractivity contribution in [1.29, 1.82) is 0 Å². The highest BCUT2D eigenvalue weighted by Gasteiger charge is 2.24. The van der Waals surface area contributed by atoms with Crippen LogP contribution < -0.4 is 9.47 Å². The van der Waals surface area contributed by atoms with Gasteiger partial charge in [0.05, 0.1) is 5.88 Å². The van der Waals surface area contributed by atoms with Gasteiger partial charge in [-0.2, -0.15) is 0 Å². The molecular weight excluding hydrogens is 393 g/mol. The molecule has 0 saturated heterocycles. The largest absolute Gasteiger partial charge is 0.491 e. The van der Waals surface area contributed by atoms with E-state index in [1.165, 1.54) is 0 Å². The van der Waals surface area contributed by atoms with Crippen molar-refractivity contribution in [1.82, 2.24) is 0 Å². The van der Waals surface area contributed by atoms with E-state index in [0.717, 1.165) is 11.1 Å². The second-order valence-corrected chi connectivity index (χ2v) is 7.26. The third-order valence-corrected chi connectivity index (χ3v) is 4.81. The van der Waals surface area contributed by atoms with E-state index in [-0.39, 0.29) is 17.9 Å². The summed E-state index contributed by atoms with van der Waals surface area (Å²) in [5, 5.41) is 9.44. The lowest BCUT2D eigenvalue weighted by Gasteiger charge is -2.26. The molecule has 0 aliphatic heterocycles. The highest BCUT2D eigenvalue weighted by molar-refractivity contribution is 6.18. The van der Waals surface area contributed by atoms with Gasteiger partial charge in [-0.05, 0) is 35.4 Å². The Kier molecular flexibility index (Phi) is 8.01. The van der Waals surface area contributed by atoms with E-state index >= 15 is 0 Å². The molecule has 0 fully saturated rings. The lowest BCUT2D eigenvalue weighted by molar-refractivity contribution is 0.0231. The first-order chi connectivity index (χ1) is 13.2. The summed E-state index contributed by atoms with van der Waals surface area (Å²) in [4.78, 5) is 0. The average molecular weight is 417 g/mol. The zero-order valence-electron chi connectivity index (χ0n) is 15.7. The highest BCUT2D eigenvalue weighted by atomic mass is 35.5. The zero-order chi connectivity index (χ0) is 20.7. The van der Waals surface area contributed by atoms with E-state index in [1.807, 2.05) is 50.2 Å². The van der Waals surface area contributed by atoms with Gasteiger partial charge in [0.15, 0.2) is 6.17 Å². The molecule has 28 heavy (non-hydrogen) atoms. The maximum atomic E-state index is 12.9. The van der Waals surface area contributed by atoms with Gasteiger partial charge in [0.1, 0.15) is 30.8 Å². The SMILES string of the molecule is CC(C)(c1ccc(OC[C@@H](O)CCl)cc1)c1ccc(OC[C@@H](F)C(F)F)cc1. The fourth-order valence-corrected chi connectivity index (χ4v) is 2.68. The number of aliphatic hydroxyl groups excluding tert-OH is 1. The third kappa shape index (κ3) is 6.04. The number of benzene rings is 2. The van der Waals surface area contributed by atoms with E-state index in [0.29, 0.717) is 11.5 Å². The summed E-state index contributed by atoms with van der Waals surface area (Å²) in [5.41, 5.74) is 1.68. The summed E-state index contributed by atoms with van der Waals surface area (Å²) >= 11 is 5.54. The molecule has 0 aliphatic rings. The average Bonchev–Trinajstić information content (AvgIpc) is 2.70. The Bertz CT molecular complexity index is 721. The van der Waals surface area contributed by atoms with E-state index in [4.69, 9.17) is 21.1 Å². The molecule has 0 radical (unpaired) electrons. The van der Waals surface area contributed by atoms with Gasteiger partial charge in [0.25, 0.3) is 6.43 Å². The van der Waals surface area contributed by atoms with Crippen LogP contribution in [0.1, 0.15) is 25.0 Å². The van der Waals surface area contributed by atoms with E-state index in [1.54, 1.807) is 12.1 Å². The second-order valence-electron chi connectivity index (χ2n) is 6.95. The van der Waals surface area contributed by atoms with Gasteiger partial charge in [0, 0.05) is 5.41 Å². The molecule has 154 valence electrons. The van der Waals surface area contributed by atoms with Crippen molar-refractivity contribution in [2.75, 3.05) is 19.1 Å². The summed E-state index contributed by atoms with van der Waals surface area (Å²) in [6, 6.07) is 14.4. The van der Waals surface area contributed by atoms with Crippen molar-refractivity contribution in [2.45, 2.75) is 38.0 Å². The lowest BCUT2D eigenvalue weighted by atomic mass is 9.78. The quantitative estimate of drug-likeness (QED) is 0.555. The highest BCUT2D eigenvalue weighted by Crippen LogP contribution is 2.33. The van der Waals surface area contributed by atoms with Gasteiger partial charge in [-0.25, -0.2) is 13.2 Å². The van der Waals surface area contributed by atoms with Gasteiger partial charge in [-0.15, -0.1) is 11.6 Å². The molecule has 0 saturated carbocycles. The topological polar surface area (TPSA) is 38.7 Å². The number of alkyl halides is 4. The van der Waals surface area contributed by atoms with E-state index in [9.17, 15) is 18.3 Å². The summed E-state index contributed by atoms with van der Waals surface area (Å²) in [6.45, 7) is 3.54. The molecule has 3 nitrogen and oxygen atoms in total. The number of rotatable bonds is 10. The molecule has 0 aliphatic carbocycles. The first-order valence-corrected chi connectivity index (χ1v) is 9.40. The predicted octanol–water partition coefficient (Wildman–Crippen LogP) is 4.97. The molecule has 7 heteroatoms. The van der Waals surface area contributed by atoms with E-state index in [2.05, 4.69) is 0 Å². The molecule has 2 atom stereocenters. The molecule has 0 heterocycles. The maximum Gasteiger partial charge on any atom is 0.272 e. The van der Waals surface area contributed by atoms with Crippen LogP contribution in [0.4, 0.5) is 13.2 Å². The predicted molar refractivity (Wildman–Crippen MR) is 104 cm³/mol. The first-order valence-electron chi connectivity index (χ1n) is 8.87. The van der Waals surface area contributed by atoms with Crippen LogP contribution in [0, 0.1) is 0 Å². The Labute approximate surface area is 168 Å². The van der Waals surface area contributed by atoms with Crippen LogP contribution in [0.2, 0.25) is 0 Å². The number of hydrogen-bond acceptors (Lipinski definition) is 3. The fraction of sp³-hybridized carbons (Fsp3) is 0.429. The van der Waals surface area contributed by atoms with Crippen molar-refractivity contribution < 1.29 is 27.8 Å². The van der Waals surface area contributed by atoms with Crippen molar-refractivity contribution >= 4 is 11.6 Å². The Morgan fingerprint density at radius 1 is 0.857 bits per heavy atom. The second kappa shape index (κ2) is 10.0. The first kappa shape index (κ1) is 22.4. The van der Waals surface area contributed by atoms with Gasteiger partial charge >= 0.3 is 0 Å². The smallest absolute Gasteiger partial charge is 0.272 e. The van der Waals surface area contributed by atoms with Gasteiger partial charge in [0.2, 0.25) is 0 Å². The minimum Gasteiger partial charge on any atom is -0.491 e. The minimum absolute atomic E-state index is 0.110. The Morgan fingerprint density at radius 3 is 1.68 bits per heavy atom. The van der Waals surface area contributed by atoms with Crippen molar-refractivity contribution in [3.8, 4) is 11.5 Å². The van der Waals surface area contributed by atoms with Crippen molar-refractivity contribution in [2.24, 2.45) is 0 Å². The minimum atomic E-state index is -3.05. The number of ether oxygens (including phenoxy) is 2. The van der Waals surface area contributed by atoms with Gasteiger partial charge in [-0.1, -0.05) is 38.1 Å². The maximum absolute atomic E-state index is 12.9. The van der Waals surface area contributed by atoms with Gasteiger partial charge < -0.3 is 14.6 Å². The Balaban J connectivity index is 2.03. The van der Waals surface area contributed by atoms with Crippen LogP contribution in [-0.2, 0) is 5.41 Å². The molecule has 2 rings (SSSR count). The molecule has 0 amide bonds. The molecular formula is C21H24ClF3O3. The van der Waals surface area contributed by atoms with Crippen LogP contribution in [0.25, 0.3) is 0 Å². The summed E-state index contributed by atoms with van der Waals surface area (Å²) in [5.74, 6) is 1.08. The summed E-state index contributed by atoms with van der Waals surface area (Å²) in [7, 11) is 0. The lowest BCUT2D eigenvalue weighted by Crippen LogP contribution is -2.21. The molecule has 1 N–H and O–H groups in total. The van der Waals surface area contributed by atoms with Crippen LogP contribution in [0.3, 0.4) is 0 Å². The van der Waals surface area contributed by atoms with Crippen molar-refractivity contribution in [3.63, 3.8) is 0 Å². The normalized spacial score (nSPS) is 14.0. The summed E-state index contributed by atoms with van der Waals surface area (Å²) < 4.78 is 47.9. The van der Waals surface area contributed by atoms with Crippen LogP contribution in [0.5, 0.6) is 11.5 Å². The number of aliphatic hydroxyl groups is 1. The standard InChI is InChI=1S/C21H24ClF3O3/c1-21(2,14-3-7-17(8-4-14)27-12-16(26)11-22)15-5-9-18(10-6-15)28-13-19(23)20(24)25/h3-10,16,19-20,26H,11-13H2,1-2H3/t16-,19+/m0/s1. The fourth-order valence-electron chi connectivity index (χ4n) is 2.59. The molecule has 2 aromatic rings. The zero-order valence-corrected chi connectivity index (χ0v) is 16.5. The number of hydrogen-bond donors (Lipinski definition) is 1. The Hall–Kier alpha value is -1.92. The molecule has 0 aromatic heterocycles. The van der Waals surface area contributed by atoms with Crippen molar-refractivity contribution in [3.05, 3.63) is 59.7 Å². The molecule has 0 spiro atoms.